The highest BCUT2D eigenvalue weighted by atomic mass is 14.1. The normalized spacial score (nSPS) is 19.6. The summed E-state index contributed by atoms with van der Waals surface area (Å²) in [7, 11) is 0. The van der Waals surface area contributed by atoms with Crippen molar-refractivity contribution in [3.63, 3.8) is 0 Å². The standard InChI is InChI=1S/2C8H12.CH4/c2*1-6-4-7(2)8(3)5-6;/h2*4-6H,1-3H3;1H4. The molecule has 0 saturated heterocycles. The van der Waals surface area contributed by atoms with Gasteiger partial charge in [0, 0.05) is 0 Å². The van der Waals surface area contributed by atoms with Crippen molar-refractivity contribution >= 4 is 0 Å². The average Bonchev–Trinajstić information content (AvgIpc) is 2.58. The Labute approximate surface area is 108 Å². The Balaban J connectivity index is 0.000000284. The Bertz CT molecular complexity index is 301. The third kappa shape index (κ3) is 4.77. The third-order valence-corrected chi connectivity index (χ3v) is 3.30. The van der Waals surface area contributed by atoms with Gasteiger partial charge in [-0.25, -0.2) is 0 Å². The van der Waals surface area contributed by atoms with E-state index < -0.39 is 0 Å². The highest BCUT2D eigenvalue weighted by Gasteiger charge is 2.05. The van der Waals surface area contributed by atoms with Gasteiger partial charge in [0.25, 0.3) is 0 Å². The molecule has 0 radical (unpaired) electrons. The van der Waals surface area contributed by atoms with Gasteiger partial charge in [-0.05, 0) is 39.5 Å². The fraction of sp³-hybridized carbons (Fsp3) is 0.529. The van der Waals surface area contributed by atoms with E-state index in [-0.39, 0.29) is 7.43 Å². The zero-order chi connectivity index (χ0) is 12.3. The van der Waals surface area contributed by atoms with Crippen molar-refractivity contribution in [2.45, 2.75) is 49.0 Å². The number of rotatable bonds is 0. The second-order valence-corrected chi connectivity index (χ2v) is 5.12. The molecule has 0 aromatic heterocycles. The molecule has 0 unspecified atom stereocenters. The van der Waals surface area contributed by atoms with Gasteiger partial charge in [0.1, 0.15) is 0 Å². The van der Waals surface area contributed by atoms with Crippen LogP contribution < -0.4 is 0 Å². The maximum absolute atomic E-state index is 2.29. The monoisotopic (exact) mass is 232 g/mol. The first-order valence-corrected chi connectivity index (χ1v) is 6.14. The van der Waals surface area contributed by atoms with Gasteiger partial charge >= 0.3 is 0 Å². The molecule has 17 heavy (non-hydrogen) atoms. The summed E-state index contributed by atoms with van der Waals surface area (Å²) in [5, 5.41) is 0. The summed E-state index contributed by atoms with van der Waals surface area (Å²) in [6, 6.07) is 0. The van der Waals surface area contributed by atoms with Gasteiger partial charge < -0.3 is 0 Å². The Hall–Kier alpha value is -1.04. The molecule has 0 heteroatoms. The molecule has 0 aromatic rings. The number of hydrogen-bond acceptors (Lipinski definition) is 0. The first-order valence-electron chi connectivity index (χ1n) is 6.14. The van der Waals surface area contributed by atoms with Crippen molar-refractivity contribution in [1.29, 1.82) is 0 Å². The van der Waals surface area contributed by atoms with Crippen molar-refractivity contribution in [1.82, 2.24) is 0 Å². The zero-order valence-corrected chi connectivity index (χ0v) is 11.5. The van der Waals surface area contributed by atoms with Crippen LogP contribution in [-0.2, 0) is 0 Å². The molecule has 96 valence electrons. The lowest BCUT2D eigenvalue weighted by atomic mass is 10.2. The van der Waals surface area contributed by atoms with E-state index in [4.69, 9.17) is 0 Å². The van der Waals surface area contributed by atoms with Crippen molar-refractivity contribution in [3.05, 3.63) is 46.6 Å². The van der Waals surface area contributed by atoms with Crippen LogP contribution in [0.3, 0.4) is 0 Å². The van der Waals surface area contributed by atoms with Crippen LogP contribution in [0.4, 0.5) is 0 Å². The van der Waals surface area contributed by atoms with E-state index in [1.54, 1.807) is 0 Å². The molecule has 0 spiro atoms. The quantitative estimate of drug-likeness (QED) is 0.503. The Morgan fingerprint density at radius 1 is 0.588 bits per heavy atom. The molecule has 0 bridgehead atoms. The smallest absolute Gasteiger partial charge is 0.00703 e. The summed E-state index contributed by atoms with van der Waals surface area (Å²) in [6.45, 7) is 13.1. The maximum atomic E-state index is 2.29. The van der Waals surface area contributed by atoms with Crippen LogP contribution in [0.25, 0.3) is 0 Å². The number of allylic oxidation sites excluding steroid dienone is 8. The lowest BCUT2D eigenvalue weighted by Gasteiger charge is -1.87. The molecule has 0 atom stereocenters. The SMILES string of the molecule is C.CC1=CC(C)C=C1C.CC1=CC(C)C=C1C. The predicted molar refractivity (Wildman–Crippen MR) is 80.1 cm³/mol. The lowest BCUT2D eigenvalue weighted by Crippen LogP contribution is -1.73. The molecule has 0 N–H and O–H groups in total. The molecule has 0 aromatic carbocycles. The van der Waals surface area contributed by atoms with Gasteiger partial charge in [-0.15, -0.1) is 0 Å². The predicted octanol–water partition coefficient (Wildman–Crippen LogP) is 5.69. The maximum Gasteiger partial charge on any atom is -0.00703 e. The van der Waals surface area contributed by atoms with E-state index in [1.807, 2.05) is 0 Å². The fourth-order valence-electron chi connectivity index (χ4n) is 2.20. The van der Waals surface area contributed by atoms with Crippen molar-refractivity contribution in [2.75, 3.05) is 0 Å². The van der Waals surface area contributed by atoms with Crippen molar-refractivity contribution in [3.8, 4) is 0 Å². The molecule has 0 aliphatic heterocycles. The topological polar surface area (TPSA) is 0 Å². The van der Waals surface area contributed by atoms with E-state index in [1.165, 1.54) is 22.3 Å². The van der Waals surface area contributed by atoms with Crippen LogP contribution >= 0.6 is 0 Å². The van der Waals surface area contributed by atoms with Gasteiger partial charge in [-0.2, -0.15) is 0 Å². The van der Waals surface area contributed by atoms with Crippen LogP contribution in [0.5, 0.6) is 0 Å². The summed E-state index contributed by atoms with van der Waals surface area (Å²) in [6.07, 6.45) is 9.15. The van der Waals surface area contributed by atoms with Crippen molar-refractivity contribution in [2.24, 2.45) is 11.8 Å². The molecule has 2 aliphatic rings. The fourth-order valence-corrected chi connectivity index (χ4v) is 2.20. The first-order chi connectivity index (χ1) is 7.40. The molecule has 2 aliphatic carbocycles. The largest absolute Gasteiger partial charge is 0.0776 e. The molecule has 2 rings (SSSR count). The van der Waals surface area contributed by atoms with Crippen LogP contribution in [0.1, 0.15) is 49.0 Å². The number of hydrogen-bond donors (Lipinski definition) is 0. The Kier molecular flexibility index (Phi) is 6.23. The molecule has 0 heterocycles. The molecular formula is C17H28. The molecule has 0 saturated carbocycles. The van der Waals surface area contributed by atoms with Gasteiger partial charge in [0.05, 0.1) is 0 Å². The highest BCUT2D eigenvalue weighted by molar-refractivity contribution is 5.35. The van der Waals surface area contributed by atoms with Crippen LogP contribution in [0.15, 0.2) is 46.6 Å². The van der Waals surface area contributed by atoms with Crippen LogP contribution in [0, 0.1) is 11.8 Å². The highest BCUT2D eigenvalue weighted by Crippen LogP contribution is 2.22. The van der Waals surface area contributed by atoms with Crippen LogP contribution in [0.2, 0.25) is 0 Å². The summed E-state index contributed by atoms with van der Waals surface area (Å²) in [5.74, 6) is 1.35. The first kappa shape index (κ1) is 16.0. The van der Waals surface area contributed by atoms with E-state index in [0.717, 1.165) is 0 Å². The minimum atomic E-state index is 0. The lowest BCUT2D eigenvalue weighted by molar-refractivity contribution is 0.952. The minimum absolute atomic E-state index is 0. The van der Waals surface area contributed by atoms with Gasteiger partial charge in [-0.3, -0.25) is 0 Å². The molecule has 0 fully saturated rings. The minimum Gasteiger partial charge on any atom is -0.0776 e. The third-order valence-electron chi connectivity index (χ3n) is 3.30. The Morgan fingerprint density at radius 2 is 0.765 bits per heavy atom. The van der Waals surface area contributed by atoms with E-state index in [9.17, 15) is 0 Å². The zero-order valence-electron chi connectivity index (χ0n) is 11.5. The second kappa shape index (κ2) is 6.64. The van der Waals surface area contributed by atoms with Crippen LogP contribution in [-0.4, -0.2) is 0 Å². The molecule has 0 nitrogen and oxygen atoms in total. The van der Waals surface area contributed by atoms with E-state index in [2.05, 4.69) is 65.8 Å². The van der Waals surface area contributed by atoms with Gasteiger partial charge in [-0.1, -0.05) is 67.9 Å². The molecular weight excluding hydrogens is 204 g/mol. The molecule has 0 amide bonds. The Morgan fingerprint density at radius 3 is 0.824 bits per heavy atom. The summed E-state index contributed by atoms with van der Waals surface area (Å²) in [4.78, 5) is 0. The summed E-state index contributed by atoms with van der Waals surface area (Å²) < 4.78 is 0. The van der Waals surface area contributed by atoms with E-state index >= 15 is 0 Å². The second-order valence-electron chi connectivity index (χ2n) is 5.12. The summed E-state index contributed by atoms with van der Waals surface area (Å²) >= 11 is 0. The van der Waals surface area contributed by atoms with Gasteiger partial charge in [0.15, 0.2) is 0 Å². The average molecular weight is 232 g/mol. The van der Waals surface area contributed by atoms with E-state index in [0.29, 0.717) is 11.8 Å². The van der Waals surface area contributed by atoms with Gasteiger partial charge in [0.2, 0.25) is 0 Å². The summed E-state index contributed by atoms with van der Waals surface area (Å²) in [5.41, 5.74) is 5.77. The van der Waals surface area contributed by atoms with Crippen molar-refractivity contribution < 1.29 is 0 Å².